The Kier molecular flexibility index (Phi) is 2.61. The van der Waals surface area contributed by atoms with Crippen molar-refractivity contribution in [1.82, 2.24) is 10.3 Å². The molecule has 0 aromatic carbocycles. The first-order valence-corrected chi connectivity index (χ1v) is 3.64. The zero-order chi connectivity index (χ0) is 9.14. The van der Waals surface area contributed by atoms with Gasteiger partial charge in [0.1, 0.15) is 0 Å². The van der Waals surface area contributed by atoms with Gasteiger partial charge in [-0.1, -0.05) is 0 Å². The van der Waals surface area contributed by atoms with Crippen LogP contribution in [0.4, 0.5) is 0 Å². The van der Waals surface area contributed by atoms with E-state index in [1.165, 1.54) is 0 Å². The number of amides is 2. The Bertz CT molecular complexity index is 200. The van der Waals surface area contributed by atoms with E-state index in [4.69, 9.17) is 11.6 Å². The summed E-state index contributed by atoms with van der Waals surface area (Å²) in [6, 6.07) is 0. The van der Waals surface area contributed by atoms with Crippen molar-refractivity contribution in [3.8, 4) is 0 Å². The Labute approximate surface area is 69.8 Å². The van der Waals surface area contributed by atoms with Crippen molar-refractivity contribution in [3.05, 3.63) is 0 Å². The maximum absolute atomic E-state index is 10.7. The molecule has 68 valence electrons. The normalized spacial score (nSPS) is 18.4. The van der Waals surface area contributed by atoms with Crippen molar-refractivity contribution in [1.29, 1.82) is 0 Å². The smallest absolute Gasteiger partial charge is 0.248 e. The van der Waals surface area contributed by atoms with Crippen molar-refractivity contribution in [2.45, 2.75) is 0 Å². The van der Waals surface area contributed by atoms with Crippen molar-refractivity contribution in [2.24, 2.45) is 17.5 Å². The molecule has 0 bridgehead atoms. The van der Waals surface area contributed by atoms with Gasteiger partial charge in [0, 0.05) is 13.1 Å². The molecule has 6 nitrogen and oxygen atoms in total. The zero-order valence-corrected chi connectivity index (χ0v) is 6.62. The number of hydrogen-bond acceptors (Lipinski definition) is 4. The molecule has 0 saturated carbocycles. The third-order valence-electron chi connectivity index (χ3n) is 1.89. The number of nitrogens with one attached hydrogen (secondary N) is 1. The Morgan fingerprint density at radius 3 is 2.50 bits per heavy atom. The number of hydrogen-bond donors (Lipinski definition) is 3. The minimum absolute atomic E-state index is 0.101. The number of nitrogens with zero attached hydrogens (tertiary/aromatic N) is 1. The summed E-state index contributed by atoms with van der Waals surface area (Å²) in [5.41, 5.74) is 7.04. The van der Waals surface area contributed by atoms with E-state index >= 15 is 0 Å². The fourth-order valence-corrected chi connectivity index (χ4v) is 1.13. The molecule has 1 fully saturated rings. The molecule has 0 radical (unpaired) electrons. The summed E-state index contributed by atoms with van der Waals surface area (Å²) in [5.74, 6) is 4.22. The highest BCUT2D eigenvalue weighted by Gasteiger charge is 2.31. The molecule has 1 aliphatic rings. The molecular formula is C6H12N4O2. The number of rotatable bonds is 3. The Balaban J connectivity index is 2.17. The number of nitrogens with two attached hydrogens (primary N) is 2. The Morgan fingerprint density at radius 2 is 2.08 bits per heavy atom. The van der Waals surface area contributed by atoms with Crippen LogP contribution in [0.15, 0.2) is 0 Å². The largest absolute Gasteiger partial charge is 0.369 e. The molecule has 12 heavy (non-hydrogen) atoms. The first-order valence-electron chi connectivity index (χ1n) is 3.64. The average molecular weight is 172 g/mol. The second-order valence-corrected chi connectivity index (χ2v) is 2.86. The van der Waals surface area contributed by atoms with Crippen LogP contribution in [0, 0.1) is 5.92 Å². The van der Waals surface area contributed by atoms with Gasteiger partial charge in [0.25, 0.3) is 0 Å². The average Bonchev–Trinajstić information content (AvgIpc) is 1.94. The van der Waals surface area contributed by atoms with E-state index in [1.54, 1.807) is 4.90 Å². The molecule has 0 spiro atoms. The number of carbonyl (C=O) groups excluding carboxylic acids is 2. The molecule has 5 N–H and O–H groups in total. The highest BCUT2D eigenvalue weighted by atomic mass is 16.2. The maximum Gasteiger partial charge on any atom is 0.248 e. The predicted octanol–water partition coefficient (Wildman–Crippen LogP) is -2.61. The van der Waals surface area contributed by atoms with Crippen LogP contribution < -0.4 is 17.0 Å². The molecule has 6 heteroatoms. The van der Waals surface area contributed by atoms with Crippen molar-refractivity contribution in [2.75, 3.05) is 19.6 Å². The number of likely N-dealkylation sites (tertiary alicyclic amines) is 1. The number of primary amides is 1. The van der Waals surface area contributed by atoms with Crippen molar-refractivity contribution < 1.29 is 9.59 Å². The highest BCUT2D eigenvalue weighted by Crippen LogP contribution is 2.13. The zero-order valence-electron chi connectivity index (χ0n) is 6.62. The molecular weight excluding hydrogens is 160 g/mol. The molecule has 1 rings (SSSR count). The quantitative estimate of drug-likeness (QED) is 0.247. The predicted molar refractivity (Wildman–Crippen MR) is 41.5 cm³/mol. The van der Waals surface area contributed by atoms with E-state index in [0.717, 1.165) is 0 Å². The van der Waals surface area contributed by atoms with Crippen LogP contribution in [0.1, 0.15) is 0 Å². The minimum atomic E-state index is -0.306. The monoisotopic (exact) mass is 172 g/mol. The molecule has 1 saturated heterocycles. The Hall–Kier alpha value is -1.14. The van der Waals surface area contributed by atoms with E-state index in [-0.39, 0.29) is 24.3 Å². The maximum atomic E-state index is 10.7. The number of carbonyl (C=O) groups is 2. The lowest BCUT2D eigenvalue weighted by molar-refractivity contribution is -0.131. The first kappa shape index (κ1) is 8.95. The van der Waals surface area contributed by atoms with Gasteiger partial charge in [0.05, 0.1) is 12.5 Å². The van der Waals surface area contributed by atoms with Gasteiger partial charge >= 0.3 is 0 Å². The fraction of sp³-hybridized carbons (Fsp3) is 0.667. The topological polar surface area (TPSA) is 101 Å². The molecule has 1 heterocycles. The summed E-state index contributed by atoms with van der Waals surface area (Å²) in [7, 11) is 0. The summed E-state index contributed by atoms with van der Waals surface area (Å²) in [4.78, 5) is 23.1. The van der Waals surface area contributed by atoms with E-state index in [1.807, 2.05) is 5.43 Å². The van der Waals surface area contributed by atoms with Crippen molar-refractivity contribution >= 4 is 11.8 Å². The lowest BCUT2D eigenvalue weighted by Gasteiger charge is -2.36. The van der Waals surface area contributed by atoms with Gasteiger partial charge in [-0.25, -0.2) is 5.84 Å². The van der Waals surface area contributed by atoms with Crippen LogP contribution in [0.2, 0.25) is 0 Å². The standard InChI is InChI=1S/C6H12N4O2/c7-6(12)4-1-10(2-4)3-5(11)9-8/h4H,1-3,8H2,(H2,7,12)(H,9,11). The minimum Gasteiger partial charge on any atom is -0.369 e. The van der Waals surface area contributed by atoms with Crippen LogP contribution in [0.5, 0.6) is 0 Å². The molecule has 2 amide bonds. The van der Waals surface area contributed by atoms with Gasteiger partial charge in [-0.15, -0.1) is 0 Å². The molecule has 0 aliphatic carbocycles. The summed E-state index contributed by atoms with van der Waals surface area (Å²) in [6.07, 6.45) is 0. The summed E-state index contributed by atoms with van der Waals surface area (Å²) < 4.78 is 0. The lowest BCUT2D eigenvalue weighted by atomic mass is 10.00. The van der Waals surface area contributed by atoms with Gasteiger partial charge < -0.3 is 5.73 Å². The van der Waals surface area contributed by atoms with Crippen LogP contribution in [0.3, 0.4) is 0 Å². The number of hydrazine groups is 1. The van der Waals surface area contributed by atoms with Crippen LogP contribution in [-0.2, 0) is 9.59 Å². The van der Waals surface area contributed by atoms with Gasteiger partial charge in [-0.05, 0) is 0 Å². The van der Waals surface area contributed by atoms with E-state index in [2.05, 4.69) is 0 Å². The van der Waals surface area contributed by atoms with Crippen LogP contribution >= 0.6 is 0 Å². The molecule has 0 aromatic rings. The lowest BCUT2D eigenvalue weighted by Crippen LogP contribution is -2.55. The van der Waals surface area contributed by atoms with Crippen molar-refractivity contribution in [3.63, 3.8) is 0 Å². The highest BCUT2D eigenvalue weighted by molar-refractivity contribution is 5.80. The van der Waals surface area contributed by atoms with E-state index in [0.29, 0.717) is 13.1 Å². The van der Waals surface area contributed by atoms with Crippen LogP contribution in [0.25, 0.3) is 0 Å². The third-order valence-corrected chi connectivity index (χ3v) is 1.89. The molecule has 0 unspecified atom stereocenters. The second-order valence-electron chi connectivity index (χ2n) is 2.86. The second kappa shape index (κ2) is 3.51. The van der Waals surface area contributed by atoms with Gasteiger partial charge in [0.15, 0.2) is 0 Å². The Morgan fingerprint density at radius 1 is 1.50 bits per heavy atom. The van der Waals surface area contributed by atoms with E-state index in [9.17, 15) is 9.59 Å². The molecule has 0 atom stereocenters. The summed E-state index contributed by atoms with van der Waals surface area (Å²) in [5, 5.41) is 0. The van der Waals surface area contributed by atoms with E-state index < -0.39 is 0 Å². The van der Waals surface area contributed by atoms with Gasteiger partial charge in [-0.2, -0.15) is 0 Å². The fourth-order valence-electron chi connectivity index (χ4n) is 1.13. The van der Waals surface area contributed by atoms with Crippen LogP contribution in [-0.4, -0.2) is 36.3 Å². The third kappa shape index (κ3) is 1.93. The van der Waals surface area contributed by atoms with Gasteiger partial charge in [0.2, 0.25) is 11.8 Å². The summed E-state index contributed by atoms with van der Waals surface area (Å²) >= 11 is 0. The molecule has 0 aromatic heterocycles. The first-order chi connectivity index (χ1) is 5.63. The van der Waals surface area contributed by atoms with Gasteiger partial charge in [-0.3, -0.25) is 19.9 Å². The SMILES string of the molecule is NNC(=O)CN1CC(C(N)=O)C1. The molecule has 1 aliphatic heterocycles. The summed E-state index contributed by atoms with van der Waals surface area (Å²) in [6.45, 7) is 1.35.